The minimum atomic E-state index is -1.03. The predicted octanol–water partition coefficient (Wildman–Crippen LogP) is 2.61. The summed E-state index contributed by atoms with van der Waals surface area (Å²) in [6.45, 7) is 5.21. The fourth-order valence-electron chi connectivity index (χ4n) is 1.89. The molecule has 0 radical (unpaired) electrons. The van der Waals surface area contributed by atoms with Crippen molar-refractivity contribution < 1.29 is 19.4 Å². The third-order valence-electron chi connectivity index (χ3n) is 3.41. The smallest absolute Gasteiger partial charge is 0.338 e. The minimum Gasteiger partial charge on any atom is -0.478 e. The third kappa shape index (κ3) is 4.44. The molecule has 0 atom stereocenters. The molecule has 1 fully saturated rings. The van der Waals surface area contributed by atoms with Gasteiger partial charge in [0.15, 0.2) is 0 Å². The fourth-order valence-corrected chi connectivity index (χ4v) is 2.94. The molecule has 0 saturated heterocycles. The van der Waals surface area contributed by atoms with Gasteiger partial charge in [-0.25, -0.2) is 9.59 Å². The standard InChI is InChI=1S/C14H20N2O4S/c1-8-9(2)21-12(11(8)13(17)18)16-14(19)15-5-6-20-7-10-3-4-10/h10H,3-7H2,1-2H3,(H,17,18)(H2,15,16,19). The van der Waals surface area contributed by atoms with Gasteiger partial charge >= 0.3 is 12.0 Å². The molecule has 0 unspecified atom stereocenters. The lowest BCUT2D eigenvalue weighted by Crippen LogP contribution is -2.31. The first kappa shape index (κ1) is 15.8. The molecule has 116 valence electrons. The summed E-state index contributed by atoms with van der Waals surface area (Å²) in [6, 6.07) is -0.409. The maximum Gasteiger partial charge on any atom is 0.338 e. The topological polar surface area (TPSA) is 87.7 Å². The minimum absolute atomic E-state index is 0.164. The normalized spacial score (nSPS) is 14.0. The first-order valence-electron chi connectivity index (χ1n) is 6.95. The van der Waals surface area contributed by atoms with Crippen LogP contribution in [0.15, 0.2) is 0 Å². The van der Waals surface area contributed by atoms with Crippen LogP contribution in [0.2, 0.25) is 0 Å². The highest BCUT2D eigenvalue weighted by Crippen LogP contribution is 2.32. The summed E-state index contributed by atoms with van der Waals surface area (Å²) in [7, 11) is 0. The molecule has 21 heavy (non-hydrogen) atoms. The van der Waals surface area contributed by atoms with Crippen LogP contribution < -0.4 is 10.6 Å². The average molecular weight is 312 g/mol. The molecule has 0 bridgehead atoms. The number of carboxylic acid groups (broad SMARTS) is 1. The van der Waals surface area contributed by atoms with E-state index < -0.39 is 12.0 Å². The van der Waals surface area contributed by atoms with Crippen LogP contribution in [-0.2, 0) is 4.74 Å². The lowest BCUT2D eigenvalue weighted by atomic mass is 10.1. The monoisotopic (exact) mass is 312 g/mol. The van der Waals surface area contributed by atoms with Crippen molar-refractivity contribution in [1.29, 1.82) is 0 Å². The van der Waals surface area contributed by atoms with Crippen molar-refractivity contribution in [3.8, 4) is 0 Å². The van der Waals surface area contributed by atoms with E-state index in [1.54, 1.807) is 6.92 Å². The van der Waals surface area contributed by atoms with Gasteiger partial charge in [-0.05, 0) is 38.2 Å². The van der Waals surface area contributed by atoms with Crippen molar-refractivity contribution in [3.63, 3.8) is 0 Å². The molecule has 1 heterocycles. The SMILES string of the molecule is Cc1sc(NC(=O)NCCOCC2CC2)c(C(=O)O)c1C. The summed E-state index contributed by atoms with van der Waals surface area (Å²) in [5.41, 5.74) is 0.855. The van der Waals surface area contributed by atoms with Gasteiger partial charge in [-0.1, -0.05) is 0 Å². The van der Waals surface area contributed by atoms with Gasteiger partial charge in [-0.3, -0.25) is 5.32 Å². The lowest BCUT2D eigenvalue weighted by molar-refractivity contribution is 0.0697. The summed E-state index contributed by atoms with van der Waals surface area (Å²) in [5.74, 6) is -0.325. The van der Waals surface area contributed by atoms with Crippen molar-refractivity contribution in [3.05, 3.63) is 16.0 Å². The van der Waals surface area contributed by atoms with Gasteiger partial charge in [-0.2, -0.15) is 0 Å². The predicted molar refractivity (Wildman–Crippen MR) is 81.3 cm³/mol. The zero-order chi connectivity index (χ0) is 15.4. The first-order chi connectivity index (χ1) is 9.99. The fraction of sp³-hybridized carbons (Fsp3) is 0.571. The zero-order valence-electron chi connectivity index (χ0n) is 12.2. The van der Waals surface area contributed by atoms with Crippen molar-refractivity contribution in [2.24, 2.45) is 5.92 Å². The molecule has 6 nitrogen and oxygen atoms in total. The highest BCUT2D eigenvalue weighted by molar-refractivity contribution is 7.16. The maximum absolute atomic E-state index is 11.8. The molecule has 2 rings (SSSR count). The van der Waals surface area contributed by atoms with E-state index in [4.69, 9.17) is 4.74 Å². The van der Waals surface area contributed by atoms with E-state index in [-0.39, 0.29) is 5.56 Å². The van der Waals surface area contributed by atoms with Gasteiger partial charge in [0.1, 0.15) is 5.00 Å². The number of anilines is 1. The van der Waals surface area contributed by atoms with Crippen LogP contribution in [0.4, 0.5) is 9.80 Å². The van der Waals surface area contributed by atoms with E-state index in [0.29, 0.717) is 29.6 Å². The summed E-state index contributed by atoms with van der Waals surface area (Å²) >= 11 is 1.27. The highest BCUT2D eigenvalue weighted by Gasteiger charge is 2.21. The van der Waals surface area contributed by atoms with Crippen LogP contribution in [0.5, 0.6) is 0 Å². The van der Waals surface area contributed by atoms with Gasteiger partial charge in [0.25, 0.3) is 0 Å². The van der Waals surface area contributed by atoms with Crippen LogP contribution in [0.3, 0.4) is 0 Å². The molecule has 0 spiro atoms. The summed E-state index contributed by atoms with van der Waals surface area (Å²) in [5, 5.41) is 14.8. The molecular weight excluding hydrogens is 292 g/mol. The van der Waals surface area contributed by atoms with Crippen molar-refractivity contribution in [1.82, 2.24) is 5.32 Å². The van der Waals surface area contributed by atoms with Crippen molar-refractivity contribution >= 4 is 28.3 Å². The molecular formula is C14H20N2O4S. The van der Waals surface area contributed by atoms with Crippen LogP contribution in [0.25, 0.3) is 0 Å². The quantitative estimate of drug-likeness (QED) is 0.675. The highest BCUT2D eigenvalue weighted by atomic mass is 32.1. The number of carbonyl (C=O) groups is 2. The van der Waals surface area contributed by atoms with Crippen LogP contribution in [-0.4, -0.2) is 36.9 Å². The second-order valence-electron chi connectivity index (χ2n) is 5.19. The molecule has 2 amide bonds. The number of aryl methyl sites for hydroxylation is 1. The molecule has 0 aliphatic heterocycles. The van der Waals surface area contributed by atoms with Crippen LogP contribution in [0, 0.1) is 19.8 Å². The van der Waals surface area contributed by atoms with E-state index in [0.717, 1.165) is 11.5 Å². The number of carbonyl (C=O) groups excluding carboxylic acids is 1. The summed E-state index contributed by atoms with van der Waals surface area (Å²) in [6.07, 6.45) is 2.48. The lowest BCUT2D eigenvalue weighted by Gasteiger charge is -2.07. The molecule has 3 N–H and O–H groups in total. The molecule has 1 aliphatic rings. The second-order valence-corrected chi connectivity index (χ2v) is 6.42. The van der Waals surface area contributed by atoms with E-state index in [1.807, 2.05) is 6.92 Å². The van der Waals surface area contributed by atoms with Gasteiger partial charge in [-0.15, -0.1) is 11.3 Å². The maximum atomic E-state index is 11.8. The Hall–Kier alpha value is -1.60. The molecule has 1 aromatic heterocycles. The summed E-state index contributed by atoms with van der Waals surface area (Å²) in [4.78, 5) is 23.9. The number of rotatable bonds is 7. The van der Waals surface area contributed by atoms with Crippen LogP contribution >= 0.6 is 11.3 Å². The first-order valence-corrected chi connectivity index (χ1v) is 7.76. The second kappa shape index (κ2) is 6.91. The number of hydrogen-bond donors (Lipinski definition) is 3. The van der Waals surface area contributed by atoms with Gasteiger partial charge < -0.3 is 15.2 Å². The number of nitrogens with one attached hydrogen (secondary N) is 2. The number of ether oxygens (including phenoxy) is 1. The number of thiophene rings is 1. The molecule has 1 aromatic rings. The Morgan fingerprint density at radius 3 is 2.71 bits per heavy atom. The average Bonchev–Trinajstić information content (AvgIpc) is 3.17. The molecule has 0 aromatic carbocycles. The number of carboxylic acids is 1. The number of hydrogen-bond acceptors (Lipinski definition) is 4. The van der Waals surface area contributed by atoms with E-state index in [2.05, 4.69) is 10.6 Å². The van der Waals surface area contributed by atoms with Gasteiger partial charge in [0, 0.05) is 18.0 Å². The number of aromatic carboxylic acids is 1. The van der Waals surface area contributed by atoms with Crippen molar-refractivity contribution in [2.75, 3.05) is 25.1 Å². The van der Waals surface area contributed by atoms with E-state index in [1.165, 1.54) is 24.2 Å². The van der Waals surface area contributed by atoms with Gasteiger partial charge in [0.05, 0.1) is 12.2 Å². The Morgan fingerprint density at radius 1 is 1.38 bits per heavy atom. The van der Waals surface area contributed by atoms with E-state index in [9.17, 15) is 14.7 Å². The Morgan fingerprint density at radius 2 is 2.10 bits per heavy atom. The van der Waals surface area contributed by atoms with Crippen LogP contribution in [0.1, 0.15) is 33.6 Å². The molecule has 7 heteroatoms. The summed E-state index contributed by atoms with van der Waals surface area (Å²) < 4.78 is 5.41. The molecule has 1 saturated carbocycles. The Kier molecular flexibility index (Phi) is 5.19. The Labute approximate surface area is 127 Å². The van der Waals surface area contributed by atoms with Crippen molar-refractivity contribution in [2.45, 2.75) is 26.7 Å². The Balaban J connectivity index is 1.78. The largest absolute Gasteiger partial charge is 0.478 e. The molecule has 1 aliphatic carbocycles. The van der Waals surface area contributed by atoms with E-state index >= 15 is 0 Å². The zero-order valence-corrected chi connectivity index (χ0v) is 13.0. The van der Waals surface area contributed by atoms with Gasteiger partial charge in [0.2, 0.25) is 0 Å². The Bertz CT molecular complexity index is 537. The third-order valence-corrected chi connectivity index (χ3v) is 4.53. The number of urea groups is 1. The number of amides is 2.